The Labute approximate surface area is 118 Å². The maximum absolute atomic E-state index is 13.8. The molecule has 0 spiro atoms. The van der Waals surface area contributed by atoms with Gasteiger partial charge in [-0.05, 0) is 40.9 Å². The van der Waals surface area contributed by atoms with Gasteiger partial charge in [0.2, 0.25) is 10.0 Å². The zero-order valence-electron chi connectivity index (χ0n) is 10.1. The van der Waals surface area contributed by atoms with Gasteiger partial charge in [0.05, 0.1) is 10.5 Å². The van der Waals surface area contributed by atoms with Crippen molar-refractivity contribution in [3.63, 3.8) is 0 Å². The van der Waals surface area contributed by atoms with Crippen molar-refractivity contribution in [2.24, 2.45) is 5.14 Å². The van der Waals surface area contributed by atoms with Crippen LogP contribution in [0.4, 0.5) is 4.39 Å². The van der Waals surface area contributed by atoms with Crippen molar-refractivity contribution < 1.29 is 17.6 Å². The predicted octanol–water partition coefficient (Wildman–Crippen LogP) is 1.47. The van der Waals surface area contributed by atoms with Crippen molar-refractivity contribution in [2.75, 3.05) is 7.05 Å². The van der Waals surface area contributed by atoms with Crippen molar-refractivity contribution in [1.29, 1.82) is 0 Å². The van der Waals surface area contributed by atoms with Gasteiger partial charge in [-0.25, -0.2) is 17.9 Å². The first-order valence-corrected chi connectivity index (χ1v) is 7.84. The fourth-order valence-corrected chi connectivity index (χ4v) is 3.33. The van der Waals surface area contributed by atoms with Crippen molar-refractivity contribution >= 4 is 31.9 Å². The first kappa shape index (κ1) is 14.4. The monoisotopic (exact) mass is 350 g/mol. The van der Waals surface area contributed by atoms with E-state index in [1.54, 1.807) is 7.05 Å². The molecule has 0 saturated heterocycles. The van der Waals surface area contributed by atoms with E-state index in [1.165, 1.54) is 4.90 Å². The second-order valence-electron chi connectivity index (χ2n) is 4.45. The van der Waals surface area contributed by atoms with Gasteiger partial charge in [0, 0.05) is 17.6 Å². The molecule has 0 heterocycles. The number of carbonyl (C=O) groups is 1. The molecule has 19 heavy (non-hydrogen) atoms. The van der Waals surface area contributed by atoms with Crippen LogP contribution >= 0.6 is 15.9 Å². The lowest BCUT2D eigenvalue weighted by Crippen LogP contribution is -2.30. The molecule has 1 saturated carbocycles. The summed E-state index contributed by atoms with van der Waals surface area (Å²) in [5.74, 6) is -1.32. The number of nitrogens with two attached hydrogens (primary N) is 1. The number of primary sulfonamides is 1. The van der Waals surface area contributed by atoms with Crippen LogP contribution in [0.25, 0.3) is 0 Å². The molecule has 0 aliphatic heterocycles. The van der Waals surface area contributed by atoms with E-state index in [9.17, 15) is 17.6 Å². The number of sulfonamides is 1. The highest BCUT2D eigenvalue weighted by Gasteiger charge is 2.32. The molecule has 5 nitrogen and oxygen atoms in total. The van der Waals surface area contributed by atoms with Crippen LogP contribution in [0.2, 0.25) is 0 Å². The summed E-state index contributed by atoms with van der Waals surface area (Å²) in [6.07, 6.45) is 1.75. The third-order valence-electron chi connectivity index (χ3n) is 2.97. The summed E-state index contributed by atoms with van der Waals surface area (Å²) < 4.78 is 36.5. The Balaban J connectivity index is 2.48. The normalized spacial score (nSPS) is 15.4. The van der Waals surface area contributed by atoms with Crippen LogP contribution in [-0.4, -0.2) is 32.3 Å². The van der Waals surface area contributed by atoms with Crippen LogP contribution in [0, 0.1) is 5.82 Å². The topological polar surface area (TPSA) is 80.5 Å². The average Bonchev–Trinajstić information content (AvgIpc) is 3.09. The lowest BCUT2D eigenvalue weighted by atomic mass is 10.2. The number of hydrogen-bond donors (Lipinski definition) is 1. The first-order chi connectivity index (χ1) is 8.71. The highest BCUT2D eigenvalue weighted by molar-refractivity contribution is 9.10. The quantitative estimate of drug-likeness (QED) is 0.896. The lowest BCUT2D eigenvalue weighted by molar-refractivity contribution is 0.0780. The first-order valence-electron chi connectivity index (χ1n) is 5.51. The Hall–Kier alpha value is -0.990. The van der Waals surface area contributed by atoms with E-state index in [1.807, 2.05) is 0 Å². The van der Waals surface area contributed by atoms with Gasteiger partial charge < -0.3 is 4.90 Å². The van der Waals surface area contributed by atoms with Gasteiger partial charge in [-0.1, -0.05) is 0 Å². The molecule has 0 aromatic heterocycles. The number of rotatable bonds is 3. The minimum absolute atomic E-state index is 0.00174. The van der Waals surface area contributed by atoms with Crippen molar-refractivity contribution in [3.8, 4) is 0 Å². The maximum atomic E-state index is 13.8. The van der Waals surface area contributed by atoms with Crippen molar-refractivity contribution in [2.45, 2.75) is 23.8 Å². The van der Waals surface area contributed by atoms with E-state index in [-0.39, 0.29) is 21.0 Å². The number of carbonyl (C=O) groups excluding carboxylic acids is 1. The lowest BCUT2D eigenvalue weighted by Gasteiger charge is -2.17. The van der Waals surface area contributed by atoms with Crippen LogP contribution in [0.3, 0.4) is 0 Å². The van der Waals surface area contributed by atoms with Gasteiger partial charge in [-0.2, -0.15) is 0 Å². The number of amides is 1. The molecule has 1 aromatic carbocycles. The van der Waals surface area contributed by atoms with Crippen molar-refractivity contribution in [1.82, 2.24) is 4.90 Å². The molecule has 8 heteroatoms. The highest BCUT2D eigenvalue weighted by Crippen LogP contribution is 2.29. The Kier molecular flexibility index (Phi) is 3.67. The van der Waals surface area contributed by atoms with E-state index < -0.39 is 21.7 Å². The number of halogens is 2. The minimum Gasteiger partial charge on any atom is -0.339 e. The van der Waals surface area contributed by atoms with Crippen LogP contribution in [-0.2, 0) is 10.0 Å². The maximum Gasteiger partial charge on any atom is 0.256 e. The van der Waals surface area contributed by atoms with Gasteiger partial charge >= 0.3 is 0 Å². The fraction of sp³-hybridized carbons (Fsp3) is 0.364. The molecule has 2 N–H and O–H groups in total. The molecule has 0 unspecified atom stereocenters. The van der Waals surface area contributed by atoms with E-state index >= 15 is 0 Å². The van der Waals surface area contributed by atoms with Gasteiger partial charge in [-0.15, -0.1) is 0 Å². The zero-order valence-corrected chi connectivity index (χ0v) is 12.5. The SMILES string of the molecule is CN(C(=O)c1cc(S(N)(=O)=O)c(Br)cc1F)C1CC1. The highest BCUT2D eigenvalue weighted by atomic mass is 79.9. The summed E-state index contributed by atoms with van der Waals surface area (Å²) in [6.45, 7) is 0. The smallest absolute Gasteiger partial charge is 0.256 e. The molecule has 0 radical (unpaired) electrons. The summed E-state index contributed by atoms with van der Waals surface area (Å²) in [7, 11) is -2.45. The fourth-order valence-electron chi connectivity index (χ4n) is 1.73. The Bertz CT molecular complexity index is 644. The molecule has 0 atom stereocenters. The molecule has 0 bridgehead atoms. The third-order valence-corrected chi connectivity index (χ3v) is 4.84. The van der Waals surface area contributed by atoms with E-state index in [0.717, 1.165) is 25.0 Å². The van der Waals surface area contributed by atoms with Gasteiger partial charge in [0.15, 0.2) is 0 Å². The Morgan fingerprint density at radius 3 is 2.53 bits per heavy atom. The summed E-state index contributed by atoms with van der Waals surface area (Å²) >= 11 is 2.92. The summed E-state index contributed by atoms with van der Waals surface area (Å²) in [5.41, 5.74) is -0.290. The molecular weight excluding hydrogens is 339 g/mol. The van der Waals surface area contributed by atoms with Crippen LogP contribution in [0.1, 0.15) is 23.2 Å². The largest absolute Gasteiger partial charge is 0.339 e. The number of nitrogens with zero attached hydrogens (tertiary/aromatic N) is 1. The summed E-state index contributed by atoms with van der Waals surface area (Å²) in [4.78, 5) is 13.2. The third kappa shape index (κ3) is 2.96. The standard InChI is InChI=1S/C11H12BrFN2O3S/c1-15(6-2-3-6)11(16)7-4-10(19(14,17)18)8(12)5-9(7)13/h4-6H,2-3H2,1H3,(H2,14,17,18). The Morgan fingerprint density at radius 2 is 2.05 bits per heavy atom. The van der Waals surface area contributed by atoms with E-state index in [0.29, 0.717) is 0 Å². The molecule has 2 rings (SSSR count). The second-order valence-corrected chi connectivity index (χ2v) is 6.84. The van der Waals surface area contributed by atoms with Gasteiger partial charge in [-0.3, -0.25) is 4.79 Å². The molecule has 1 amide bonds. The molecule has 104 valence electrons. The average molecular weight is 351 g/mol. The van der Waals surface area contributed by atoms with Gasteiger partial charge in [0.1, 0.15) is 5.82 Å². The molecule has 1 fully saturated rings. The number of hydrogen-bond acceptors (Lipinski definition) is 3. The molecule has 1 aromatic rings. The zero-order chi connectivity index (χ0) is 14.4. The van der Waals surface area contributed by atoms with Gasteiger partial charge in [0.25, 0.3) is 5.91 Å². The molecular formula is C11H12BrFN2O3S. The summed E-state index contributed by atoms with van der Waals surface area (Å²) in [5, 5.41) is 5.02. The van der Waals surface area contributed by atoms with Crippen LogP contribution in [0.5, 0.6) is 0 Å². The summed E-state index contributed by atoms with van der Waals surface area (Å²) in [6, 6.07) is 2.01. The predicted molar refractivity (Wildman–Crippen MR) is 70.6 cm³/mol. The Morgan fingerprint density at radius 1 is 1.47 bits per heavy atom. The van der Waals surface area contributed by atoms with E-state index in [2.05, 4.69) is 15.9 Å². The van der Waals surface area contributed by atoms with E-state index in [4.69, 9.17) is 5.14 Å². The van der Waals surface area contributed by atoms with Crippen LogP contribution < -0.4 is 5.14 Å². The molecule has 1 aliphatic carbocycles. The van der Waals surface area contributed by atoms with Crippen molar-refractivity contribution in [3.05, 3.63) is 28.0 Å². The minimum atomic E-state index is -4.02. The van der Waals surface area contributed by atoms with Crippen LogP contribution in [0.15, 0.2) is 21.5 Å². The second kappa shape index (κ2) is 4.84. The molecule has 1 aliphatic rings. The number of benzene rings is 1.